The van der Waals surface area contributed by atoms with Gasteiger partial charge in [0.2, 0.25) is 0 Å². The van der Waals surface area contributed by atoms with Crippen molar-refractivity contribution in [1.82, 2.24) is 0 Å². The van der Waals surface area contributed by atoms with Gasteiger partial charge in [-0.25, -0.2) is 9.59 Å². The van der Waals surface area contributed by atoms with Crippen molar-refractivity contribution in [3.63, 3.8) is 0 Å². The van der Waals surface area contributed by atoms with Crippen LogP contribution in [0.3, 0.4) is 0 Å². The number of nitro benzene ring substituents is 1. The van der Waals surface area contributed by atoms with Crippen molar-refractivity contribution in [1.29, 1.82) is 0 Å². The van der Waals surface area contributed by atoms with Gasteiger partial charge in [-0.15, -0.1) is 0 Å². The molecule has 8 heteroatoms. The molecule has 1 heterocycles. The van der Waals surface area contributed by atoms with E-state index in [1.54, 1.807) is 19.9 Å². The Labute approximate surface area is 152 Å². The average Bonchev–Trinajstić information content (AvgIpc) is 2.59. The predicted octanol–water partition coefficient (Wildman–Crippen LogP) is 2.94. The second-order valence-corrected chi connectivity index (χ2v) is 6.74. The molecule has 0 N–H and O–H groups in total. The Balaban J connectivity index is 2.11. The number of anilines is 1. The topological polar surface area (TPSA) is 99.0 Å². The van der Waals surface area contributed by atoms with Crippen molar-refractivity contribution < 1.29 is 24.0 Å². The third-order valence-corrected chi connectivity index (χ3v) is 4.22. The number of carbonyl (C=O) groups is 2. The van der Waals surface area contributed by atoms with Crippen LogP contribution < -0.4 is 4.90 Å². The maximum atomic E-state index is 12.1. The van der Waals surface area contributed by atoms with Gasteiger partial charge in [-0.2, -0.15) is 0 Å². The number of nitrogens with zero attached hydrogens (tertiary/aromatic N) is 2. The van der Waals surface area contributed by atoms with E-state index in [1.807, 2.05) is 4.90 Å². The van der Waals surface area contributed by atoms with Crippen molar-refractivity contribution in [2.24, 2.45) is 5.92 Å². The summed E-state index contributed by atoms with van der Waals surface area (Å²) in [5, 5.41) is 11.4. The molecule has 0 aromatic heterocycles. The molecule has 1 aliphatic rings. The molecule has 0 atom stereocenters. The molecule has 0 unspecified atom stereocenters. The molecule has 0 radical (unpaired) electrons. The molecule has 1 aromatic carbocycles. The smallest absolute Gasteiger partial charge is 0.344 e. The van der Waals surface area contributed by atoms with Crippen molar-refractivity contribution in [2.45, 2.75) is 39.7 Å². The summed E-state index contributed by atoms with van der Waals surface area (Å²) < 4.78 is 9.75. The van der Waals surface area contributed by atoms with Gasteiger partial charge in [-0.05, 0) is 44.7 Å². The van der Waals surface area contributed by atoms with Crippen LogP contribution in [0, 0.1) is 16.0 Å². The fourth-order valence-corrected chi connectivity index (χ4v) is 2.82. The molecule has 142 valence electrons. The summed E-state index contributed by atoms with van der Waals surface area (Å²) in [5.74, 6) is -0.861. The molecule has 2 rings (SSSR count). The monoisotopic (exact) mass is 364 g/mol. The van der Waals surface area contributed by atoms with Gasteiger partial charge in [0.15, 0.2) is 6.61 Å². The van der Waals surface area contributed by atoms with Crippen LogP contribution in [0.5, 0.6) is 0 Å². The lowest BCUT2D eigenvalue weighted by atomic mass is 9.98. The van der Waals surface area contributed by atoms with Gasteiger partial charge in [0, 0.05) is 19.2 Å². The van der Waals surface area contributed by atoms with Crippen molar-refractivity contribution >= 4 is 23.3 Å². The summed E-state index contributed by atoms with van der Waals surface area (Å²) in [6.45, 7) is 6.48. The van der Waals surface area contributed by atoms with E-state index in [9.17, 15) is 19.7 Å². The number of esters is 2. The maximum Gasteiger partial charge on any atom is 0.344 e. The van der Waals surface area contributed by atoms with Crippen molar-refractivity contribution in [3.8, 4) is 0 Å². The number of benzene rings is 1. The zero-order valence-corrected chi connectivity index (χ0v) is 15.3. The third-order valence-electron chi connectivity index (χ3n) is 4.22. The lowest BCUT2D eigenvalue weighted by Gasteiger charge is -2.31. The van der Waals surface area contributed by atoms with E-state index in [1.165, 1.54) is 12.1 Å². The van der Waals surface area contributed by atoms with Crippen LogP contribution >= 0.6 is 0 Å². The molecule has 0 aliphatic carbocycles. The van der Waals surface area contributed by atoms with Gasteiger partial charge in [-0.3, -0.25) is 10.1 Å². The number of ether oxygens (including phenoxy) is 2. The van der Waals surface area contributed by atoms with Crippen LogP contribution in [0.25, 0.3) is 0 Å². The summed E-state index contributed by atoms with van der Waals surface area (Å²) in [5.41, 5.74) is 0.389. The van der Waals surface area contributed by atoms with E-state index >= 15 is 0 Å². The van der Waals surface area contributed by atoms with Gasteiger partial charge in [0.25, 0.3) is 5.69 Å². The van der Waals surface area contributed by atoms with E-state index in [-0.39, 0.29) is 17.4 Å². The number of hydrogen-bond acceptors (Lipinski definition) is 7. The largest absolute Gasteiger partial charge is 0.460 e. The predicted molar refractivity (Wildman–Crippen MR) is 95.2 cm³/mol. The Bertz CT molecular complexity index is 680. The number of carbonyl (C=O) groups excluding carboxylic acids is 2. The molecular formula is C18H24N2O6. The first-order valence-corrected chi connectivity index (χ1v) is 8.68. The Kier molecular flexibility index (Phi) is 6.54. The van der Waals surface area contributed by atoms with E-state index in [0.717, 1.165) is 25.9 Å². The highest BCUT2D eigenvalue weighted by Gasteiger charge is 2.25. The van der Waals surface area contributed by atoms with Crippen LogP contribution in [-0.2, 0) is 14.3 Å². The lowest BCUT2D eigenvalue weighted by molar-refractivity contribution is -0.384. The minimum absolute atomic E-state index is 0.0307. The van der Waals surface area contributed by atoms with Crippen molar-refractivity contribution in [2.75, 3.05) is 24.6 Å². The van der Waals surface area contributed by atoms with E-state index < -0.39 is 23.5 Å². The maximum absolute atomic E-state index is 12.1. The number of hydrogen-bond donors (Lipinski definition) is 0. The zero-order chi connectivity index (χ0) is 19.3. The first-order chi connectivity index (χ1) is 12.3. The molecule has 8 nitrogen and oxygen atoms in total. The van der Waals surface area contributed by atoms with Gasteiger partial charge >= 0.3 is 11.9 Å². The Hall–Kier alpha value is -2.64. The van der Waals surface area contributed by atoms with Crippen LogP contribution in [0.15, 0.2) is 18.2 Å². The second-order valence-electron chi connectivity index (χ2n) is 6.74. The number of piperidine rings is 1. The molecule has 26 heavy (non-hydrogen) atoms. The summed E-state index contributed by atoms with van der Waals surface area (Å²) in [6.07, 6.45) is 1.63. The van der Waals surface area contributed by atoms with Gasteiger partial charge in [0.1, 0.15) is 5.69 Å². The molecule has 1 aliphatic heterocycles. The van der Waals surface area contributed by atoms with Gasteiger partial charge in [-0.1, -0.05) is 6.92 Å². The van der Waals surface area contributed by atoms with Gasteiger partial charge < -0.3 is 14.4 Å². The molecule has 0 bridgehead atoms. The van der Waals surface area contributed by atoms with Crippen LogP contribution in [0.4, 0.5) is 11.4 Å². The van der Waals surface area contributed by atoms with Gasteiger partial charge in [0.05, 0.1) is 16.6 Å². The molecular weight excluding hydrogens is 340 g/mol. The van der Waals surface area contributed by atoms with Crippen LogP contribution in [0.1, 0.15) is 44.0 Å². The highest BCUT2D eigenvalue weighted by atomic mass is 16.6. The standard InChI is InChI=1S/C18H24N2O6/c1-12(2)26-17(21)11-25-18(22)14-4-5-15(16(10-14)20(23)24)19-8-6-13(3)7-9-19/h4-5,10,12-13H,6-9,11H2,1-3H3. The minimum Gasteiger partial charge on any atom is -0.460 e. The van der Waals surface area contributed by atoms with E-state index in [0.29, 0.717) is 11.6 Å². The second kappa shape index (κ2) is 8.64. The fraction of sp³-hybridized carbons (Fsp3) is 0.556. The number of rotatable bonds is 6. The SMILES string of the molecule is CC1CCN(c2ccc(C(=O)OCC(=O)OC(C)C)cc2[N+](=O)[O-])CC1. The molecule has 1 fully saturated rings. The Morgan fingerprint density at radius 3 is 2.54 bits per heavy atom. The lowest BCUT2D eigenvalue weighted by Crippen LogP contribution is -2.33. The Morgan fingerprint density at radius 1 is 1.31 bits per heavy atom. The highest BCUT2D eigenvalue weighted by Crippen LogP contribution is 2.32. The summed E-state index contributed by atoms with van der Waals surface area (Å²) in [6, 6.07) is 4.25. The summed E-state index contributed by atoms with van der Waals surface area (Å²) in [4.78, 5) is 36.4. The molecule has 1 aromatic rings. The van der Waals surface area contributed by atoms with Crippen LogP contribution in [0.2, 0.25) is 0 Å². The average molecular weight is 364 g/mol. The van der Waals surface area contributed by atoms with Crippen LogP contribution in [-0.4, -0.2) is 42.7 Å². The molecule has 1 saturated heterocycles. The van der Waals surface area contributed by atoms with E-state index in [2.05, 4.69) is 6.92 Å². The molecule has 0 spiro atoms. The number of nitro groups is 1. The third kappa shape index (κ3) is 5.18. The summed E-state index contributed by atoms with van der Waals surface area (Å²) in [7, 11) is 0. The Morgan fingerprint density at radius 2 is 1.96 bits per heavy atom. The zero-order valence-electron chi connectivity index (χ0n) is 15.3. The first-order valence-electron chi connectivity index (χ1n) is 8.68. The highest BCUT2D eigenvalue weighted by molar-refractivity contribution is 5.92. The molecule has 0 saturated carbocycles. The normalized spacial score (nSPS) is 15.0. The fourth-order valence-electron chi connectivity index (χ4n) is 2.82. The first kappa shape index (κ1) is 19.7. The molecule has 0 amide bonds. The summed E-state index contributed by atoms with van der Waals surface area (Å²) >= 11 is 0. The quantitative estimate of drug-likeness (QED) is 0.435. The van der Waals surface area contributed by atoms with E-state index in [4.69, 9.17) is 9.47 Å². The minimum atomic E-state index is -0.798. The van der Waals surface area contributed by atoms with Crippen molar-refractivity contribution in [3.05, 3.63) is 33.9 Å².